The number of hydrogen-bond donors (Lipinski definition) is 1. The predicted molar refractivity (Wildman–Crippen MR) is 54.4 cm³/mol. The molecule has 0 radical (unpaired) electrons. The molecule has 0 aliphatic heterocycles. The maximum absolute atomic E-state index is 5.61. The van der Waals surface area contributed by atoms with Gasteiger partial charge >= 0.3 is 0 Å². The van der Waals surface area contributed by atoms with Gasteiger partial charge in [-0.15, -0.1) is 17.9 Å². The van der Waals surface area contributed by atoms with Gasteiger partial charge in [0, 0.05) is 11.3 Å². The van der Waals surface area contributed by atoms with Crippen molar-refractivity contribution >= 4 is 16.5 Å². The van der Waals surface area contributed by atoms with Crippen LogP contribution < -0.4 is 5.73 Å². The van der Waals surface area contributed by atoms with Crippen molar-refractivity contribution in [3.63, 3.8) is 0 Å². The van der Waals surface area contributed by atoms with Crippen LogP contribution in [0.25, 0.3) is 0 Å². The van der Waals surface area contributed by atoms with Crippen molar-refractivity contribution in [1.29, 1.82) is 0 Å². The first-order chi connectivity index (χ1) is 5.77. The second kappa shape index (κ2) is 4.26. The molecular weight excluding hydrogens is 168 g/mol. The van der Waals surface area contributed by atoms with Gasteiger partial charge in [0.25, 0.3) is 0 Å². The van der Waals surface area contributed by atoms with E-state index < -0.39 is 0 Å². The lowest BCUT2D eigenvalue weighted by molar-refractivity contribution is 0.917. The summed E-state index contributed by atoms with van der Waals surface area (Å²) in [6.07, 6.45) is 4.93. The molecular formula is C9H14N2S. The van der Waals surface area contributed by atoms with Crippen LogP contribution >= 0.6 is 11.3 Å². The Morgan fingerprint density at radius 2 is 2.42 bits per heavy atom. The Bertz CT molecular complexity index is 265. The summed E-state index contributed by atoms with van der Waals surface area (Å²) >= 11 is 1.60. The number of nitrogens with two attached hydrogens (primary N) is 1. The number of hydrogen-bond acceptors (Lipinski definition) is 3. The third-order valence-corrected chi connectivity index (χ3v) is 2.60. The molecule has 12 heavy (non-hydrogen) atoms. The zero-order chi connectivity index (χ0) is 8.97. The quantitative estimate of drug-likeness (QED) is 0.726. The monoisotopic (exact) mass is 182 g/mol. The van der Waals surface area contributed by atoms with E-state index in [1.165, 1.54) is 4.88 Å². The van der Waals surface area contributed by atoms with Crippen LogP contribution in [-0.4, -0.2) is 4.98 Å². The molecule has 0 atom stereocenters. The van der Waals surface area contributed by atoms with Gasteiger partial charge in [-0.2, -0.15) is 0 Å². The third kappa shape index (κ3) is 2.08. The van der Waals surface area contributed by atoms with E-state index in [0.29, 0.717) is 5.13 Å². The summed E-state index contributed by atoms with van der Waals surface area (Å²) in [5, 5.41) is 0.676. The van der Waals surface area contributed by atoms with Gasteiger partial charge in [0.15, 0.2) is 5.13 Å². The van der Waals surface area contributed by atoms with E-state index in [4.69, 9.17) is 5.73 Å². The van der Waals surface area contributed by atoms with E-state index in [1.807, 2.05) is 6.08 Å². The fraction of sp³-hybridized carbons (Fsp3) is 0.444. The molecule has 2 nitrogen and oxygen atoms in total. The summed E-state index contributed by atoms with van der Waals surface area (Å²) in [5.41, 5.74) is 6.72. The van der Waals surface area contributed by atoms with Gasteiger partial charge in [0.1, 0.15) is 0 Å². The molecule has 1 rings (SSSR count). The first-order valence-corrected chi connectivity index (χ1v) is 4.94. The normalized spacial score (nSPS) is 10.1. The van der Waals surface area contributed by atoms with Crippen LogP contribution in [0.5, 0.6) is 0 Å². The van der Waals surface area contributed by atoms with Gasteiger partial charge in [0.2, 0.25) is 0 Å². The second-order valence-electron chi connectivity index (χ2n) is 2.66. The zero-order valence-electron chi connectivity index (χ0n) is 7.34. The van der Waals surface area contributed by atoms with Gasteiger partial charge in [-0.1, -0.05) is 19.4 Å². The Morgan fingerprint density at radius 1 is 1.67 bits per heavy atom. The molecule has 0 aliphatic rings. The van der Waals surface area contributed by atoms with Crippen LogP contribution in [0.1, 0.15) is 23.9 Å². The number of thiazole rings is 1. The van der Waals surface area contributed by atoms with Gasteiger partial charge < -0.3 is 5.73 Å². The minimum absolute atomic E-state index is 0.676. The molecule has 0 saturated carbocycles. The molecule has 0 amide bonds. The van der Waals surface area contributed by atoms with Gasteiger partial charge in [-0.25, -0.2) is 4.98 Å². The minimum atomic E-state index is 0.676. The highest BCUT2D eigenvalue weighted by Crippen LogP contribution is 2.22. The van der Waals surface area contributed by atoms with Crippen molar-refractivity contribution in [3.8, 4) is 0 Å². The molecule has 0 fully saturated rings. The second-order valence-corrected chi connectivity index (χ2v) is 3.78. The number of allylic oxidation sites excluding steroid dienone is 1. The van der Waals surface area contributed by atoms with E-state index in [-0.39, 0.29) is 0 Å². The highest BCUT2D eigenvalue weighted by molar-refractivity contribution is 7.15. The van der Waals surface area contributed by atoms with Crippen LogP contribution in [-0.2, 0) is 12.8 Å². The minimum Gasteiger partial charge on any atom is -0.375 e. The fourth-order valence-corrected chi connectivity index (χ4v) is 2.08. The first-order valence-electron chi connectivity index (χ1n) is 4.12. The molecule has 1 aromatic heterocycles. The number of aryl methyl sites for hydroxylation is 1. The first kappa shape index (κ1) is 9.26. The fourth-order valence-electron chi connectivity index (χ4n) is 1.12. The maximum Gasteiger partial charge on any atom is 0.180 e. The summed E-state index contributed by atoms with van der Waals surface area (Å²) in [4.78, 5) is 5.56. The van der Waals surface area contributed by atoms with E-state index in [2.05, 4.69) is 18.5 Å². The van der Waals surface area contributed by atoms with Crippen molar-refractivity contribution in [1.82, 2.24) is 4.98 Å². The lowest BCUT2D eigenvalue weighted by Crippen LogP contribution is -1.89. The van der Waals surface area contributed by atoms with Crippen molar-refractivity contribution in [2.75, 3.05) is 5.73 Å². The summed E-state index contributed by atoms with van der Waals surface area (Å²) < 4.78 is 0. The van der Waals surface area contributed by atoms with Crippen molar-refractivity contribution < 1.29 is 0 Å². The largest absolute Gasteiger partial charge is 0.375 e. The molecule has 3 heteroatoms. The summed E-state index contributed by atoms with van der Waals surface area (Å²) in [6, 6.07) is 0. The summed E-state index contributed by atoms with van der Waals surface area (Å²) in [5.74, 6) is 0. The maximum atomic E-state index is 5.61. The molecule has 1 aromatic rings. The van der Waals surface area contributed by atoms with Crippen molar-refractivity contribution in [2.45, 2.75) is 26.2 Å². The molecule has 0 spiro atoms. The highest BCUT2D eigenvalue weighted by Gasteiger charge is 2.06. The lowest BCUT2D eigenvalue weighted by Gasteiger charge is -1.94. The Hall–Kier alpha value is -0.830. The summed E-state index contributed by atoms with van der Waals surface area (Å²) in [6.45, 7) is 5.85. The average Bonchev–Trinajstić information content (AvgIpc) is 2.33. The van der Waals surface area contributed by atoms with E-state index >= 15 is 0 Å². The average molecular weight is 182 g/mol. The van der Waals surface area contributed by atoms with E-state index in [0.717, 1.165) is 25.0 Å². The smallest absolute Gasteiger partial charge is 0.180 e. The number of rotatable bonds is 4. The standard InChI is InChI=1S/C9H14N2S/c1-3-5-7-8(6-4-2)12-9(10)11-7/h3H,1,4-6H2,2H3,(H2,10,11). The van der Waals surface area contributed by atoms with Crippen LogP contribution in [0.3, 0.4) is 0 Å². The van der Waals surface area contributed by atoms with Crippen LogP contribution in [0.2, 0.25) is 0 Å². The molecule has 0 aromatic carbocycles. The third-order valence-electron chi connectivity index (χ3n) is 1.61. The number of aromatic nitrogens is 1. The Kier molecular flexibility index (Phi) is 3.29. The SMILES string of the molecule is C=CCc1nc(N)sc1CCC. The summed E-state index contributed by atoms with van der Waals surface area (Å²) in [7, 11) is 0. The van der Waals surface area contributed by atoms with Crippen molar-refractivity contribution in [3.05, 3.63) is 23.2 Å². The van der Waals surface area contributed by atoms with Gasteiger partial charge in [-0.05, 0) is 6.42 Å². The van der Waals surface area contributed by atoms with Gasteiger partial charge in [-0.3, -0.25) is 0 Å². The topological polar surface area (TPSA) is 38.9 Å². The van der Waals surface area contributed by atoms with E-state index in [9.17, 15) is 0 Å². The molecule has 0 bridgehead atoms. The Balaban J connectivity index is 2.83. The Morgan fingerprint density at radius 3 is 3.00 bits per heavy atom. The molecule has 66 valence electrons. The van der Waals surface area contributed by atoms with Gasteiger partial charge in [0.05, 0.1) is 5.69 Å². The molecule has 1 heterocycles. The predicted octanol–water partition coefficient (Wildman–Crippen LogP) is 2.41. The number of nitrogen functional groups attached to an aromatic ring is 1. The molecule has 0 unspecified atom stereocenters. The van der Waals surface area contributed by atoms with Crippen molar-refractivity contribution in [2.24, 2.45) is 0 Å². The van der Waals surface area contributed by atoms with E-state index in [1.54, 1.807) is 11.3 Å². The highest BCUT2D eigenvalue weighted by atomic mass is 32.1. The molecule has 0 aliphatic carbocycles. The van der Waals surface area contributed by atoms with Crippen LogP contribution in [0.15, 0.2) is 12.7 Å². The van der Waals surface area contributed by atoms with Crippen LogP contribution in [0, 0.1) is 0 Å². The molecule has 0 saturated heterocycles. The number of nitrogens with zero attached hydrogens (tertiary/aromatic N) is 1. The lowest BCUT2D eigenvalue weighted by atomic mass is 10.2. The Labute approximate surface area is 77.1 Å². The molecule has 2 N–H and O–H groups in total. The number of anilines is 1. The van der Waals surface area contributed by atoms with Crippen LogP contribution in [0.4, 0.5) is 5.13 Å². The zero-order valence-corrected chi connectivity index (χ0v) is 8.16.